The number of carbonyl (C=O) groups is 1. The Hall–Kier alpha value is -4.08. The Kier molecular flexibility index (Phi) is 7.80. The van der Waals surface area contributed by atoms with Crippen molar-refractivity contribution in [1.82, 2.24) is 19.4 Å². The van der Waals surface area contributed by atoms with Gasteiger partial charge in [-0.15, -0.1) is 0 Å². The number of nitrogens with zero attached hydrogens (tertiary/aromatic N) is 4. The highest BCUT2D eigenvalue weighted by Gasteiger charge is 2.21. The highest BCUT2D eigenvalue weighted by atomic mass is 35.5. The Balaban J connectivity index is 1.31. The summed E-state index contributed by atoms with van der Waals surface area (Å²) < 4.78 is 14.1. The molecule has 41 heavy (non-hydrogen) atoms. The van der Waals surface area contributed by atoms with E-state index in [2.05, 4.69) is 56.1 Å². The topological polar surface area (TPSA) is 93.5 Å². The molecule has 0 atom stereocenters. The van der Waals surface area contributed by atoms with E-state index in [4.69, 9.17) is 26.1 Å². The molecule has 6 rings (SSSR count). The lowest BCUT2D eigenvalue weighted by molar-refractivity contribution is -0.111. The Morgan fingerprint density at radius 1 is 1.15 bits per heavy atom. The molecule has 10 heteroatoms. The minimum atomic E-state index is -0.344. The first-order valence-corrected chi connectivity index (χ1v) is 14.3. The van der Waals surface area contributed by atoms with Crippen LogP contribution in [0.3, 0.4) is 0 Å². The number of amides is 1. The van der Waals surface area contributed by atoms with Crippen LogP contribution in [0.25, 0.3) is 22.2 Å². The van der Waals surface area contributed by atoms with Crippen molar-refractivity contribution in [2.75, 3.05) is 44.0 Å². The molecule has 2 aromatic heterocycles. The average Bonchev–Trinajstić information content (AvgIpc) is 3.64. The van der Waals surface area contributed by atoms with E-state index in [1.165, 1.54) is 30.0 Å². The Morgan fingerprint density at radius 3 is 2.80 bits per heavy atom. The average molecular weight is 573 g/mol. The van der Waals surface area contributed by atoms with E-state index < -0.39 is 0 Å². The van der Waals surface area contributed by atoms with Gasteiger partial charge in [0.05, 0.1) is 40.9 Å². The van der Waals surface area contributed by atoms with Gasteiger partial charge in [0, 0.05) is 36.3 Å². The number of methoxy groups -OCH3 is 1. The highest BCUT2D eigenvalue weighted by molar-refractivity contribution is 6.33. The lowest BCUT2D eigenvalue weighted by Gasteiger charge is -2.19. The zero-order valence-corrected chi connectivity index (χ0v) is 23.8. The second kappa shape index (κ2) is 11.8. The molecule has 2 aromatic carbocycles. The molecule has 4 heterocycles. The summed E-state index contributed by atoms with van der Waals surface area (Å²) >= 11 is 6.65. The van der Waals surface area contributed by atoms with Crippen molar-refractivity contribution in [1.29, 1.82) is 0 Å². The van der Waals surface area contributed by atoms with Crippen LogP contribution in [0.4, 0.5) is 17.3 Å². The van der Waals surface area contributed by atoms with Crippen LogP contribution < -0.4 is 20.1 Å². The molecule has 0 spiro atoms. The number of anilines is 3. The smallest absolute Gasteiger partial charge is 0.247 e. The number of likely N-dealkylation sites (tertiary alicyclic amines) is 1. The largest absolute Gasteiger partial charge is 0.494 e. The van der Waals surface area contributed by atoms with E-state index in [1.807, 2.05) is 0 Å². The first-order valence-electron chi connectivity index (χ1n) is 14.0. The van der Waals surface area contributed by atoms with Crippen LogP contribution in [-0.4, -0.2) is 58.7 Å². The number of benzene rings is 2. The molecule has 2 N–H and O–H groups in total. The number of hydrogen-bond acceptors (Lipinski definition) is 7. The number of ether oxygens (including phenoxy) is 2. The van der Waals surface area contributed by atoms with Gasteiger partial charge in [0.2, 0.25) is 11.9 Å². The van der Waals surface area contributed by atoms with Gasteiger partial charge in [-0.2, -0.15) is 0 Å². The van der Waals surface area contributed by atoms with Crippen LogP contribution in [0.5, 0.6) is 11.5 Å². The van der Waals surface area contributed by atoms with Gasteiger partial charge in [0.25, 0.3) is 0 Å². The third-order valence-corrected chi connectivity index (χ3v) is 7.96. The maximum absolute atomic E-state index is 12.3. The van der Waals surface area contributed by atoms with Gasteiger partial charge >= 0.3 is 0 Å². The fraction of sp³-hybridized carbons (Fsp3) is 0.323. The minimum Gasteiger partial charge on any atom is -0.494 e. The van der Waals surface area contributed by atoms with E-state index in [9.17, 15) is 4.79 Å². The Labute approximate surface area is 244 Å². The van der Waals surface area contributed by atoms with Gasteiger partial charge in [-0.05, 0) is 56.5 Å². The van der Waals surface area contributed by atoms with Crippen molar-refractivity contribution in [2.24, 2.45) is 0 Å². The van der Waals surface area contributed by atoms with Crippen molar-refractivity contribution in [3.8, 4) is 22.8 Å². The zero-order valence-electron chi connectivity index (χ0n) is 23.1. The number of aryl methyl sites for hydroxylation is 2. The van der Waals surface area contributed by atoms with E-state index in [-0.39, 0.29) is 5.91 Å². The number of carbonyl (C=O) groups excluding carboxylic acids is 1. The van der Waals surface area contributed by atoms with Crippen LogP contribution in [-0.2, 0) is 17.8 Å². The van der Waals surface area contributed by atoms with Gasteiger partial charge in [0.1, 0.15) is 18.1 Å². The fourth-order valence-electron chi connectivity index (χ4n) is 5.70. The molecule has 0 saturated carbocycles. The third-order valence-electron chi connectivity index (χ3n) is 7.68. The molecule has 0 aliphatic carbocycles. The second-order valence-electron chi connectivity index (χ2n) is 10.3. The van der Waals surface area contributed by atoms with Crippen molar-refractivity contribution in [3.63, 3.8) is 0 Å². The molecule has 0 unspecified atom stereocenters. The van der Waals surface area contributed by atoms with Crippen LogP contribution >= 0.6 is 11.6 Å². The van der Waals surface area contributed by atoms with Crippen molar-refractivity contribution < 1.29 is 14.3 Å². The van der Waals surface area contributed by atoms with E-state index >= 15 is 0 Å². The second-order valence-corrected chi connectivity index (χ2v) is 10.7. The predicted molar refractivity (Wildman–Crippen MR) is 163 cm³/mol. The van der Waals surface area contributed by atoms with Gasteiger partial charge < -0.3 is 24.7 Å². The van der Waals surface area contributed by atoms with E-state index in [0.29, 0.717) is 46.1 Å². The molecule has 2 aliphatic rings. The molecule has 1 saturated heterocycles. The highest BCUT2D eigenvalue weighted by Crippen LogP contribution is 2.40. The number of para-hydroxylation sites is 1. The van der Waals surface area contributed by atoms with Gasteiger partial charge in [-0.25, -0.2) is 9.97 Å². The van der Waals surface area contributed by atoms with Crippen LogP contribution in [0, 0.1) is 0 Å². The molecule has 1 fully saturated rings. The number of halogens is 1. The molecule has 0 bridgehead atoms. The van der Waals surface area contributed by atoms with Gasteiger partial charge in [-0.1, -0.05) is 36.4 Å². The molecular weight excluding hydrogens is 540 g/mol. The summed E-state index contributed by atoms with van der Waals surface area (Å²) in [6.45, 7) is 8.01. The Morgan fingerprint density at radius 2 is 2.00 bits per heavy atom. The maximum atomic E-state index is 12.3. The number of rotatable bonds is 10. The lowest BCUT2D eigenvalue weighted by atomic mass is 10.0. The van der Waals surface area contributed by atoms with Crippen LogP contribution in [0.2, 0.25) is 5.02 Å². The van der Waals surface area contributed by atoms with Crippen LogP contribution in [0.15, 0.2) is 55.4 Å². The molecule has 4 aromatic rings. The molecule has 2 aliphatic heterocycles. The minimum absolute atomic E-state index is 0.344. The molecule has 0 radical (unpaired) electrons. The zero-order chi connectivity index (χ0) is 28.3. The summed E-state index contributed by atoms with van der Waals surface area (Å²) in [5.41, 5.74) is 5.24. The maximum Gasteiger partial charge on any atom is 0.247 e. The van der Waals surface area contributed by atoms with Crippen LogP contribution in [0.1, 0.15) is 24.8 Å². The SMILES string of the molecule is C=CC(=O)Nc1cc(Nc2ncc(Cl)c(-c3cn4c5c(cccc35)CCC4)n2)c(OC)cc1OCCN1CCCC1. The van der Waals surface area contributed by atoms with Gasteiger partial charge in [0.15, 0.2) is 0 Å². The normalized spacial score (nSPS) is 14.7. The molecular formula is C31H33ClN6O3. The molecule has 1 amide bonds. The lowest BCUT2D eigenvalue weighted by Crippen LogP contribution is -2.25. The standard InChI is InChI=1S/C31H33ClN6O3/c1-3-28(39)34-25-16-24(26(40-2)17-27(25)41-15-14-37-11-4-5-12-37)35-31-33-18-23(32)29(36-31)22-19-38-13-7-9-20-8-6-10-21(22)30(20)38/h3,6,8,10,16-19H,1,4-5,7,9,11-15H2,2H3,(H,34,39)(H,33,35,36). The number of hydrogen-bond donors (Lipinski definition) is 2. The quantitative estimate of drug-likeness (QED) is 0.223. The van der Waals surface area contributed by atoms with Crippen molar-refractivity contribution in [2.45, 2.75) is 32.2 Å². The number of aromatic nitrogens is 3. The summed E-state index contributed by atoms with van der Waals surface area (Å²) in [4.78, 5) is 23.9. The van der Waals surface area contributed by atoms with E-state index in [1.54, 1.807) is 25.4 Å². The number of nitrogens with one attached hydrogen (secondary N) is 2. The summed E-state index contributed by atoms with van der Waals surface area (Å²) in [7, 11) is 1.58. The summed E-state index contributed by atoms with van der Waals surface area (Å²) in [5, 5.41) is 7.69. The molecule has 212 valence electrons. The van der Waals surface area contributed by atoms with Crippen molar-refractivity contribution in [3.05, 3.63) is 66.0 Å². The Bertz CT molecular complexity index is 1610. The monoisotopic (exact) mass is 572 g/mol. The summed E-state index contributed by atoms with van der Waals surface area (Å²) in [6, 6.07) is 9.90. The van der Waals surface area contributed by atoms with Crippen molar-refractivity contribution >= 4 is 45.7 Å². The molecule has 9 nitrogen and oxygen atoms in total. The summed E-state index contributed by atoms with van der Waals surface area (Å²) in [6.07, 6.45) is 9.54. The van der Waals surface area contributed by atoms with Gasteiger partial charge in [-0.3, -0.25) is 9.69 Å². The summed E-state index contributed by atoms with van der Waals surface area (Å²) in [5.74, 6) is 1.03. The fourth-order valence-corrected chi connectivity index (χ4v) is 5.89. The first kappa shape index (κ1) is 27.1. The third kappa shape index (κ3) is 5.60. The first-order chi connectivity index (χ1) is 20.0. The van der Waals surface area contributed by atoms with E-state index in [0.717, 1.165) is 50.0 Å². The predicted octanol–water partition coefficient (Wildman–Crippen LogP) is 6.05.